The van der Waals surface area contributed by atoms with Crippen molar-refractivity contribution in [1.82, 2.24) is 9.80 Å². The van der Waals surface area contributed by atoms with Crippen LogP contribution < -0.4 is 0 Å². The van der Waals surface area contributed by atoms with Crippen molar-refractivity contribution in [2.75, 3.05) is 27.3 Å². The predicted molar refractivity (Wildman–Crippen MR) is 197 cm³/mol. The number of ether oxygens (including phenoxy) is 4. The SMILES string of the molecule is CN(C(=O)OC(C)(C)C)[C@H](C(=O)OCC(=O)c1ccc(-c2ccc(C(=O)COC(=O)[C@@H](N(C)C(=O)OC(C)(C)C)C(C)(C)C)cc2)cc1)C(C)(C)C. The Kier molecular flexibility index (Phi) is 14.0. The van der Waals surface area contributed by atoms with Crippen molar-refractivity contribution >= 4 is 35.7 Å². The van der Waals surface area contributed by atoms with Crippen LogP contribution in [0.15, 0.2) is 48.5 Å². The Morgan fingerprint density at radius 2 is 0.769 bits per heavy atom. The molecule has 2 rings (SSSR count). The molecule has 0 aliphatic rings. The van der Waals surface area contributed by atoms with Gasteiger partial charge in [-0.15, -0.1) is 0 Å². The van der Waals surface area contributed by atoms with E-state index in [4.69, 9.17) is 18.9 Å². The van der Waals surface area contributed by atoms with Gasteiger partial charge in [0, 0.05) is 25.2 Å². The number of Topliss-reactive ketones (excluding diaryl/α,β-unsaturated/α-hetero) is 2. The molecule has 0 aliphatic carbocycles. The lowest BCUT2D eigenvalue weighted by Crippen LogP contribution is -2.52. The number of hydrogen-bond donors (Lipinski definition) is 0. The van der Waals surface area contributed by atoms with Gasteiger partial charge in [0.15, 0.2) is 24.8 Å². The van der Waals surface area contributed by atoms with E-state index in [1.165, 1.54) is 23.9 Å². The highest BCUT2D eigenvalue weighted by Crippen LogP contribution is 2.28. The molecule has 2 aromatic rings. The Labute approximate surface area is 308 Å². The summed E-state index contributed by atoms with van der Waals surface area (Å²) in [7, 11) is 2.92. The summed E-state index contributed by atoms with van der Waals surface area (Å²) in [6.07, 6.45) is -1.36. The maximum Gasteiger partial charge on any atom is 0.410 e. The number of hydrogen-bond acceptors (Lipinski definition) is 10. The molecule has 2 atom stereocenters. The van der Waals surface area contributed by atoms with Crippen LogP contribution in [0.3, 0.4) is 0 Å². The molecule has 0 aromatic heterocycles. The summed E-state index contributed by atoms with van der Waals surface area (Å²) in [5.74, 6) is -2.29. The molecule has 2 aromatic carbocycles. The lowest BCUT2D eigenvalue weighted by molar-refractivity contribution is -0.153. The fraction of sp³-hybridized carbons (Fsp3) is 0.550. The maximum absolute atomic E-state index is 13.1. The number of amides is 2. The lowest BCUT2D eigenvalue weighted by Gasteiger charge is -2.36. The minimum Gasteiger partial charge on any atom is -0.456 e. The minimum absolute atomic E-state index is 0.323. The number of carbonyl (C=O) groups excluding carboxylic acids is 6. The molecule has 0 spiro atoms. The zero-order valence-electron chi connectivity index (χ0n) is 33.2. The van der Waals surface area contributed by atoms with Gasteiger partial charge < -0.3 is 18.9 Å². The summed E-state index contributed by atoms with van der Waals surface area (Å²) >= 11 is 0. The fourth-order valence-corrected chi connectivity index (χ4v) is 5.36. The van der Waals surface area contributed by atoms with Crippen LogP contribution in [-0.2, 0) is 28.5 Å². The first kappa shape index (κ1) is 43.4. The Hall–Kier alpha value is -4.74. The molecule has 0 saturated carbocycles. The molecule has 12 heteroatoms. The van der Waals surface area contributed by atoms with Gasteiger partial charge >= 0.3 is 24.1 Å². The second-order valence-corrected chi connectivity index (χ2v) is 16.9. The fourth-order valence-electron chi connectivity index (χ4n) is 5.36. The molecule has 0 radical (unpaired) electrons. The van der Waals surface area contributed by atoms with Crippen molar-refractivity contribution in [3.63, 3.8) is 0 Å². The van der Waals surface area contributed by atoms with Crippen molar-refractivity contribution in [2.24, 2.45) is 10.8 Å². The van der Waals surface area contributed by atoms with E-state index in [1.54, 1.807) is 132 Å². The Bertz CT molecular complexity index is 1480. The van der Waals surface area contributed by atoms with Gasteiger partial charge in [-0.1, -0.05) is 90.1 Å². The first-order valence-electron chi connectivity index (χ1n) is 17.1. The summed E-state index contributed by atoms with van der Waals surface area (Å²) < 4.78 is 21.6. The Balaban J connectivity index is 2.05. The second kappa shape index (κ2) is 16.7. The quantitative estimate of drug-likeness (QED) is 0.131. The Morgan fingerprint density at radius 3 is 1.00 bits per heavy atom. The third-order valence-electron chi connectivity index (χ3n) is 7.66. The van der Waals surface area contributed by atoms with E-state index in [9.17, 15) is 28.8 Å². The normalized spacial score (nSPS) is 13.3. The van der Waals surface area contributed by atoms with Crippen LogP contribution in [0.2, 0.25) is 0 Å². The number of esters is 2. The number of benzene rings is 2. The van der Waals surface area contributed by atoms with E-state index in [-0.39, 0.29) is 0 Å². The van der Waals surface area contributed by atoms with Gasteiger partial charge in [0.2, 0.25) is 0 Å². The summed E-state index contributed by atoms with van der Waals surface area (Å²) in [5.41, 5.74) is -0.727. The maximum atomic E-state index is 13.1. The zero-order valence-corrected chi connectivity index (χ0v) is 33.2. The molecule has 0 unspecified atom stereocenters. The Morgan fingerprint density at radius 1 is 0.500 bits per heavy atom. The molecule has 2 amide bonds. The van der Waals surface area contributed by atoms with Crippen molar-refractivity contribution < 1.29 is 47.7 Å². The predicted octanol–water partition coefficient (Wildman–Crippen LogP) is 7.37. The molecule has 0 bridgehead atoms. The monoisotopic (exact) mass is 724 g/mol. The van der Waals surface area contributed by atoms with Crippen LogP contribution in [-0.4, -0.2) is 96.1 Å². The smallest absolute Gasteiger partial charge is 0.410 e. The first-order chi connectivity index (χ1) is 23.6. The van der Waals surface area contributed by atoms with E-state index < -0.39 is 83.0 Å². The van der Waals surface area contributed by atoms with Gasteiger partial charge in [0.1, 0.15) is 23.3 Å². The molecule has 12 nitrogen and oxygen atoms in total. The highest BCUT2D eigenvalue weighted by Gasteiger charge is 2.41. The van der Waals surface area contributed by atoms with Crippen molar-refractivity contribution in [3.05, 3.63) is 59.7 Å². The zero-order chi connectivity index (χ0) is 40.0. The molecule has 0 aliphatic heterocycles. The molecule has 52 heavy (non-hydrogen) atoms. The highest BCUT2D eigenvalue weighted by molar-refractivity contribution is 6.00. The number of likely N-dealkylation sites (N-methyl/N-ethyl adjacent to an activating group) is 2. The van der Waals surface area contributed by atoms with Crippen molar-refractivity contribution in [2.45, 2.75) is 106 Å². The van der Waals surface area contributed by atoms with E-state index >= 15 is 0 Å². The largest absolute Gasteiger partial charge is 0.456 e. The molecular weight excluding hydrogens is 668 g/mol. The molecule has 0 heterocycles. The first-order valence-corrected chi connectivity index (χ1v) is 17.1. The van der Waals surface area contributed by atoms with E-state index in [1.807, 2.05) is 0 Å². The molecule has 0 fully saturated rings. The summed E-state index contributed by atoms with van der Waals surface area (Å²) in [6.45, 7) is 20.1. The lowest BCUT2D eigenvalue weighted by atomic mass is 9.86. The van der Waals surface area contributed by atoms with Crippen LogP contribution in [0.25, 0.3) is 11.1 Å². The average molecular weight is 725 g/mol. The number of ketones is 2. The van der Waals surface area contributed by atoms with Gasteiger partial charge in [-0.25, -0.2) is 19.2 Å². The van der Waals surface area contributed by atoms with E-state index in [0.717, 1.165) is 11.1 Å². The van der Waals surface area contributed by atoms with Gasteiger partial charge in [-0.2, -0.15) is 0 Å². The number of rotatable bonds is 11. The van der Waals surface area contributed by atoms with Gasteiger partial charge in [0.05, 0.1) is 0 Å². The van der Waals surface area contributed by atoms with Gasteiger partial charge in [0.25, 0.3) is 0 Å². The third-order valence-corrected chi connectivity index (χ3v) is 7.66. The number of carbonyl (C=O) groups is 6. The van der Waals surface area contributed by atoms with Crippen LogP contribution in [0, 0.1) is 10.8 Å². The van der Waals surface area contributed by atoms with Gasteiger partial charge in [-0.05, 0) is 63.5 Å². The average Bonchev–Trinajstić information content (AvgIpc) is 2.99. The highest BCUT2D eigenvalue weighted by atomic mass is 16.6. The van der Waals surface area contributed by atoms with Crippen LogP contribution in [0.5, 0.6) is 0 Å². The molecular formula is C40H56N2O10. The summed E-state index contributed by atoms with van der Waals surface area (Å²) in [5, 5.41) is 0. The summed E-state index contributed by atoms with van der Waals surface area (Å²) in [6, 6.07) is 11.4. The number of nitrogens with zero attached hydrogens (tertiary/aromatic N) is 2. The van der Waals surface area contributed by atoms with Gasteiger partial charge in [-0.3, -0.25) is 19.4 Å². The molecule has 0 N–H and O–H groups in total. The van der Waals surface area contributed by atoms with E-state index in [2.05, 4.69) is 0 Å². The minimum atomic E-state index is -0.995. The summed E-state index contributed by atoms with van der Waals surface area (Å²) in [4.78, 5) is 79.8. The van der Waals surface area contributed by atoms with Crippen molar-refractivity contribution in [3.8, 4) is 11.1 Å². The topological polar surface area (TPSA) is 146 Å². The van der Waals surface area contributed by atoms with Crippen LogP contribution >= 0.6 is 0 Å². The third kappa shape index (κ3) is 12.8. The molecule has 0 saturated heterocycles. The van der Waals surface area contributed by atoms with Crippen LogP contribution in [0.4, 0.5) is 9.59 Å². The van der Waals surface area contributed by atoms with Crippen LogP contribution in [0.1, 0.15) is 104 Å². The van der Waals surface area contributed by atoms with E-state index in [0.29, 0.717) is 11.1 Å². The second-order valence-electron chi connectivity index (χ2n) is 16.9. The van der Waals surface area contributed by atoms with Crippen molar-refractivity contribution in [1.29, 1.82) is 0 Å². The standard InChI is InChI=1S/C40H56N2O10/c1-37(2,3)31(41(13)35(47)51-39(7,8)9)33(45)49-23-29(43)27-19-15-25(16-20-27)26-17-21-28(22-18-26)30(44)24-50-34(46)32(38(4,5)6)42(14)36(48)52-40(10,11)12/h15-22,31-32H,23-24H2,1-14H3/t31-,32-/m1/s1. The molecule has 286 valence electrons.